The molecule has 2 aromatic rings. The predicted octanol–water partition coefficient (Wildman–Crippen LogP) is 3.23. The maximum absolute atomic E-state index is 9.09. The minimum atomic E-state index is 0.436. The van der Waals surface area contributed by atoms with Gasteiger partial charge in [-0.3, -0.25) is 0 Å². The summed E-state index contributed by atoms with van der Waals surface area (Å²) in [6, 6.07) is 11.1. The highest BCUT2D eigenvalue weighted by Gasteiger charge is 2.07. The summed E-state index contributed by atoms with van der Waals surface area (Å²) in [7, 11) is 1.58. The number of nitrogens with one attached hydrogen (secondary N) is 1. The van der Waals surface area contributed by atoms with Crippen molar-refractivity contribution >= 4 is 17.3 Å². The van der Waals surface area contributed by atoms with Gasteiger partial charge in [0.25, 0.3) is 0 Å². The van der Waals surface area contributed by atoms with Crippen LogP contribution in [-0.2, 0) is 6.54 Å². The van der Waals surface area contributed by atoms with Gasteiger partial charge in [0.2, 0.25) is 5.88 Å². The summed E-state index contributed by atoms with van der Waals surface area (Å²) in [6.45, 7) is 0.506. The highest BCUT2D eigenvalue weighted by Crippen LogP contribution is 2.24. The summed E-state index contributed by atoms with van der Waals surface area (Å²) < 4.78 is 5.17. The third-order valence-electron chi connectivity index (χ3n) is 2.64. The first-order chi connectivity index (χ1) is 9.26. The van der Waals surface area contributed by atoms with Crippen molar-refractivity contribution in [3.8, 4) is 11.9 Å². The Balaban J connectivity index is 2.20. The molecule has 0 radical (unpaired) electrons. The van der Waals surface area contributed by atoms with E-state index < -0.39 is 0 Å². The van der Waals surface area contributed by atoms with Gasteiger partial charge < -0.3 is 10.1 Å². The first-order valence-electron chi connectivity index (χ1n) is 5.66. The number of ether oxygens (including phenoxy) is 1. The molecule has 5 heteroatoms. The fraction of sp³-hybridized carbons (Fsp3) is 0.143. The monoisotopic (exact) mass is 273 g/mol. The van der Waals surface area contributed by atoms with E-state index in [1.807, 2.05) is 18.2 Å². The lowest BCUT2D eigenvalue weighted by atomic mass is 10.2. The SMILES string of the molecule is COc1ncccc1CNc1cccc(Cl)c1C#N. The van der Waals surface area contributed by atoms with Crippen LogP contribution in [-0.4, -0.2) is 12.1 Å². The fourth-order valence-corrected chi connectivity index (χ4v) is 1.93. The van der Waals surface area contributed by atoms with Crippen LogP contribution in [0.15, 0.2) is 36.5 Å². The number of methoxy groups -OCH3 is 1. The standard InChI is InChI=1S/C14H12ClN3O/c1-19-14-10(4-3-7-17-14)9-18-13-6-2-5-12(15)11(13)8-16/h2-7,18H,9H2,1H3. The number of halogens is 1. The van der Waals surface area contributed by atoms with Crippen molar-refractivity contribution in [2.75, 3.05) is 12.4 Å². The first-order valence-corrected chi connectivity index (χ1v) is 6.04. The van der Waals surface area contributed by atoms with Crippen molar-refractivity contribution in [1.82, 2.24) is 4.98 Å². The second-order valence-corrected chi connectivity index (χ2v) is 4.21. The number of pyridine rings is 1. The van der Waals surface area contributed by atoms with Gasteiger partial charge in [-0.2, -0.15) is 5.26 Å². The van der Waals surface area contributed by atoms with Gasteiger partial charge in [-0.1, -0.05) is 23.7 Å². The van der Waals surface area contributed by atoms with Gasteiger partial charge in [-0.25, -0.2) is 4.98 Å². The van der Waals surface area contributed by atoms with Gasteiger partial charge >= 0.3 is 0 Å². The molecule has 0 aliphatic carbocycles. The topological polar surface area (TPSA) is 57.9 Å². The van der Waals surface area contributed by atoms with Gasteiger partial charge in [-0.15, -0.1) is 0 Å². The maximum atomic E-state index is 9.09. The number of hydrogen-bond acceptors (Lipinski definition) is 4. The van der Waals surface area contributed by atoms with Gasteiger partial charge in [0, 0.05) is 18.3 Å². The summed E-state index contributed by atoms with van der Waals surface area (Å²) in [5.41, 5.74) is 2.04. The second kappa shape index (κ2) is 6.07. The number of aromatic nitrogens is 1. The summed E-state index contributed by atoms with van der Waals surface area (Å²) in [5.74, 6) is 0.565. The fourth-order valence-electron chi connectivity index (χ4n) is 1.72. The molecule has 19 heavy (non-hydrogen) atoms. The van der Waals surface area contributed by atoms with Crippen molar-refractivity contribution in [3.05, 3.63) is 52.7 Å². The zero-order valence-electron chi connectivity index (χ0n) is 10.4. The lowest BCUT2D eigenvalue weighted by Crippen LogP contribution is -2.04. The van der Waals surface area contributed by atoms with Crippen LogP contribution >= 0.6 is 11.6 Å². The number of anilines is 1. The lowest BCUT2D eigenvalue weighted by molar-refractivity contribution is 0.393. The Morgan fingerprint density at radius 2 is 2.21 bits per heavy atom. The van der Waals surface area contributed by atoms with Crippen LogP contribution in [0.1, 0.15) is 11.1 Å². The third kappa shape index (κ3) is 2.95. The summed E-state index contributed by atoms with van der Waals surface area (Å²) >= 11 is 5.97. The number of hydrogen-bond donors (Lipinski definition) is 1. The van der Waals surface area contributed by atoms with Crippen molar-refractivity contribution in [3.63, 3.8) is 0 Å². The number of nitriles is 1. The van der Waals surface area contributed by atoms with Gasteiger partial charge in [0.15, 0.2) is 0 Å². The zero-order chi connectivity index (χ0) is 13.7. The molecule has 4 nitrogen and oxygen atoms in total. The quantitative estimate of drug-likeness (QED) is 0.929. The van der Waals surface area contributed by atoms with E-state index in [4.69, 9.17) is 21.6 Å². The van der Waals surface area contributed by atoms with E-state index in [0.717, 1.165) is 5.56 Å². The van der Waals surface area contributed by atoms with Crippen molar-refractivity contribution in [1.29, 1.82) is 5.26 Å². The van der Waals surface area contributed by atoms with Gasteiger partial charge in [0.1, 0.15) is 6.07 Å². The first kappa shape index (κ1) is 13.2. The summed E-state index contributed by atoms with van der Waals surface area (Å²) in [5, 5.41) is 12.7. The smallest absolute Gasteiger partial charge is 0.218 e. The summed E-state index contributed by atoms with van der Waals surface area (Å²) in [4.78, 5) is 4.12. The van der Waals surface area contributed by atoms with E-state index in [9.17, 15) is 0 Å². The van der Waals surface area contributed by atoms with E-state index in [-0.39, 0.29) is 0 Å². The third-order valence-corrected chi connectivity index (χ3v) is 2.95. The molecule has 0 amide bonds. The Kier molecular flexibility index (Phi) is 4.22. The molecule has 1 N–H and O–H groups in total. The molecule has 0 fully saturated rings. The molecule has 96 valence electrons. The van der Waals surface area contributed by atoms with E-state index in [2.05, 4.69) is 16.4 Å². The van der Waals surface area contributed by atoms with Crippen LogP contribution in [0, 0.1) is 11.3 Å². The molecular formula is C14H12ClN3O. The predicted molar refractivity (Wildman–Crippen MR) is 74.3 cm³/mol. The van der Waals surface area contributed by atoms with Gasteiger partial charge in [-0.05, 0) is 18.2 Å². The minimum absolute atomic E-state index is 0.436. The maximum Gasteiger partial charge on any atom is 0.218 e. The number of nitrogens with zero attached hydrogens (tertiary/aromatic N) is 2. The van der Waals surface area contributed by atoms with Crippen LogP contribution in [0.3, 0.4) is 0 Å². The van der Waals surface area contributed by atoms with E-state index in [1.54, 1.807) is 25.4 Å². The molecule has 0 bridgehead atoms. The minimum Gasteiger partial charge on any atom is -0.481 e. The Bertz CT molecular complexity index is 622. The number of rotatable bonds is 4. The average molecular weight is 274 g/mol. The molecule has 0 spiro atoms. The van der Waals surface area contributed by atoms with Gasteiger partial charge in [0.05, 0.1) is 23.4 Å². The molecule has 1 aromatic heterocycles. The molecule has 0 saturated carbocycles. The van der Waals surface area contributed by atoms with Crippen LogP contribution in [0.4, 0.5) is 5.69 Å². The molecule has 0 aliphatic heterocycles. The Hall–Kier alpha value is -2.25. The molecule has 1 heterocycles. The zero-order valence-corrected chi connectivity index (χ0v) is 11.1. The molecule has 2 rings (SSSR count). The largest absolute Gasteiger partial charge is 0.481 e. The highest BCUT2D eigenvalue weighted by molar-refractivity contribution is 6.32. The Morgan fingerprint density at radius 1 is 1.37 bits per heavy atom. The van der Waals surface area contributed by atoms with Crippen LogP contribution < -0.4 is 10.1 Å². The molecule has 0 saturated heterocycles. The lowest BCUT2D eigenvalue weighted by Gasteiger charge is -2.11. The van der Waals surface area contributed by atoms with Crippen molar-refractivity contribution in [2.45, 2.75) is 6.54 Å². The van der Waals surface area contributed by atoms with E-state index >= 15 is 0 Å². The van der Waals surface area contributed by atoms with Crippen LogP contribution in [0.5, 0.6) is 5.88 Å². The average Bonchev–Trinajstić information content (AvgIpc) is 2.45. The second-order valence-electron chi connectivity index (χ2n) is 3.80. The Labute approximate surface area is 116 Å². The normalized spacial score (nSPS) is 9.74. The Morgan fingerprint density at radius 3 is 2.95 bits per heavy atom. The van der Waals surface area contributed by atoms with Crippen LogP contribution in [0.2, 0.25) is 5.02 Å². The van der Waals surface area contributed by atoms with Crippen molar-refractivity contribution < 1.29 is 4.74 Å². The van der Waals surface area contributed by atoms with Crippen molar-refractivity contribution in [2.24, 2.45) is 0 Å². The molecule has 1 aromatic carbocycles. The molecular weight excluding hydrogens is 262 g/mol. The molecule has 0 aliphatic rings. The molecule has 0 atom stereocenters. The number of benzene rings is 1. The van der Waals surface area contributed by atoms with E-state index in [1.165, 1.54) is 0 Å². The highest BCUT2D eigenvalue weighted by atomic mass is 35.5. The van der Waals surface area contributed by atoms with Crippen LogP contribution in [0.25, 0.3) is 0 Å². The summed E-state index contributed by atoms with van der Waals surface area (Å²) in [6.07, 6.45) is 1.67. The van der Waals surface area contributed by atoms with E-state index in [0.29, 0.717) is 28.7 Å². The molecule has 0 unspecified atom stereocenters.